The van der Waals surface area contributed by atoms with E-state index in [9.17, 15) is 4.39 Å². The number of benzene rings is 1. The molecule has 0 fully saturated rings. The lowest BCUT2D eigenvalue weighted by Gasteiger charge is -2.17. The third-order valence-electron chi connectivity index (χ3n) is 4.85. The third kappa shape index (κ3) is 4.23. The molecular weight excluding hydrogens is 414 g/mol. The molecule has 29 heavy (non-hydrogen) atoms. The number of nitrogens with zero attached hydrogens (tertiary/aromatic N) is 2. The van der Waals surface area contributed by atoms with Crippen LogP contribution in [-0.4, -0.2) is 23.1 Å². The van der Waals surface area contributed by atoms with E-state index in [4.69, 9.17) is 33.7 Å². The summed E-state index contributed by atoms with van der Waals surface area (Å²) in [6.07, 6.45) is 5.91. The molecule has 0 atom stereocenters. The molecule has 0 saturated carbocycles. The smallest absolute Gasteiger partial charge is 0.166 e. The summed E-state index contributed by atoms with van der Waals surface area (Å²) in [5.41, 5.74) is 9.46. The largest absolute Gasteiger partial charge is 0.489 e. The van der Waals surface area contributed by atoms with Crippen LogP contribution in [0.15, 0.2) is 36.7 Å². The number of aromatic nitrogens is 2. The van der Waals surface area contributed by atoms with Crippen molar-refractivity contribution in [2.24, 2.45) is 0 Å². The molecule has 0 amide bonds. The van der Waals surface area contributed by atoms with Gasteiger partial charge < -0.3 is 15.8 Å². The summed E-state index contributed by atoms with van der Waals surface area (Å²) < 4.78 is 19.5. The molecule has 8 heteroatoms. The number of halogens is 3. The van der Waals surface area contributed by atoms with Gasteiger partial charge in [0.2, 0.25) is 0 Å². The number of hydrogen-bond acceptors (Lipinski definition) is 5. The van der Waals surface area contributed by atoms with Crippen LogP contribution in [0.4, 0.5) is 16.0 Å². The fraction of sp³-hybridized carbons (Fsp3) is 0.238. The first-order valence-corrected chi connectivity index (χ1v) is 10.0. The first kappa shape index (κ1) is 19.7. The number of anilines is 2. The molecule has 5 nitrogen and oxygen atoms in total. The number of nitrogen functional groups attached to an aromatic ring is 1. The molecule has 3 aromatic rings. The molecule has 0 bridgehead atoms. The van der Waals surface area contributed by atoms with Gasteiger partial charge in [0.05, 0.1) is 11.6 Å². The van der Waals surface area contributed by atoms with Gasteiger partial charge in [0, 0.05) is 41.5 Å². The molecule has 0 aliphatic carbocycles. The van der Waals surface area contributed by atoms with Crippen LogP contribution in [0.5, 0.6) is 5.75 Å². The normalized spacial score (nSPS) is 12.9. The summed E-state index contributed by atoms with van der Waals surface area (Å²) in [7, 11) is 0. The summed E-state index contributed by atoms with van der Waals surface area (Å²) in [5.74, 6) is 1.15. The van der Waals surface area contributed by atoms with Crippen molar-refractivity contribution >= 4 is 34.8 Å². The number of nitrogens with one attached hydrogen (secondary N) is 1. The number of aryl methyl sites for hydroxylation is 1. The maximum Gasteiger partial charge on any atom is 0.166 e. The third-order valence-corrected chi connectivity index (χ3v) is 5.61. The van der Waals surface area contributed by atoms with Gasteiger partial charge in [-0.25, -0.2) is 14.4 Å². The average molecular weight is 433 g/mol. The predicted octanol–water partition coefficient (Wildman–Crippen LogP) is 5.15. The predicted molar refractivity (Wildman–Crippen MR) is 114 cm³/mol. The minimum Gasteiger partial charge on any atom is -0.489 e. The first-order chi connectivity index (χ1) is 14.0. The molecular formula is C21H19Cl2FN4O. The van der Waals surface area contributed by atoms with Crippen LogP contribution in [0.3, 0.4) is 0 Å². The van der Waals surface area contributed by atoms with Gasteiger partial charge in [0.15, 0.2) is 11.6 Å². The molecule has 2 aromatic heterocycles. The van der Waals surface area contributed by atoms with Gasteiger partial charge in [-0.3, -0.25) is 0 Å². The van der Waals surface area contributed by atoms with E-state index in [-0.39, 0.29) is 17.4 Å². The van der Waals surface area contributed by atoms with Gasteiger partial charge in [-0.15, -0.1) is 0 Å². The number of pyridine rings is 2. The molecule has 0 saturated heterocycles. The van der Waals surface area contributed by atoms with E-state index in [1.807, 2.05) is 6.07 Å². The topological polar surface area (TPSA) is 73.1 Å². The minimum absolute atomic E-state index is 0.00897. The zero-order chi connectivity index (χ0) is 20.4. The van der Waals surface area contributed by atoms with E-state index in [2.05, 4.69) is 21.4 Å². The van der Waals surface area contributed by atoms with Crippen LogP contribution in [-0.2, 0) is 12.8 Å². The van der Waals surface area contributed by atoms with Crippen molar-refractivity contribution in [1.29, 1.82) is 0 Å². The molecule has 3 heterocycles. The van der Waals surface area contributed by atoms with E-state index < -0.39 is 5.82 Å². The number of hydrogen-bond donors (Lipinski definition) is 2. The number of fused-ring (bicyclic) bond motifs is 1. The lowest BCUT2D eigenvalue weighted by molar-refractivity contribution is 0.322. The van der Waals surface area contributed by atoms with Crippen molar-refractivity contribution < 1.29 is 9.13 Å². The maximum atomic E-state index is 13.7. The fourth-order valence-corrected chi connectivity index (χ4v) is 3.85. The van der Waals surface area contributed by atoms with E-state index in [1.165, 1.54) is 17.7 Å². The highest BCUT2D eigenvalue weighted by Gasteiger charge is 2.14. The molecule has 1 aliphatic heterocycles. The van der Waals surface area contributed by atoms with Crippen LogP contribution in [0.2, 0.25) is 10.0 Å². The number of ether oxygens (including phenoxy) is 1. The number of nitrogens with two attached hydrogens (primary N) is 1. The van der Waals surface area contributed by atoms with Gasteiger partial charge in [-0.1, -0.05) is 23.2 Å². The van der Waals surface area contributed by atoms with Crippen LogP contribution < -0.4 is 15.8 Å². The van der Waals surface area contributed by atoms with Crippen molar-refractivity contribution in [3.8, 4) is 16.9 Å². The Morgan fingerprint density at radius 2 is 1.93 bits per heavy atom. The van der Waals surface area contributed by atoms with Gasteiger partial charge in [-0.2, -0.15) is 0 Å². The van der Waals surface area contributed by atoms with Crippen molar-refractivity contribution in [3.05, 3.63) is 63.6 Å². The highest BCUT2D eigenvalue weighted by molar-refractivity contribution is 6.36. The average Bonchev–Trinajstić information content (AvgIpc) is 2.74. The van der Waals surface area contributed by atoms with Crippen molar-refractivity contribution in [3.63, 3.8) is 0 Å². The molecule has 150 valence electrons. The zero-order valence-corrected chi connectivity index (χ0v) is 17.0. The summed E-state index contributed by atoms with van der Waals surface area (Å²) in [6, 6.07) is 6.66. The van der Waals surface area contributed by atoms with Gasteiger partial charge in [0.25, 0.3) is 0 Å². The molecule has 0 unspecified atom stereocenters. The Bertz CT molecular complexity index is 1060. The van der Waals surface area contributed by atoms with E-state index >= 15 is 0 Å². The Hall–Kier alpha value is -2.57. The summed E-state index contributed by atoms with van der Waals surface area (Å²) in [6.45, 7) is 1.17. The molecule has 0 spiro atoms. The monoisotopic (exact) mass is 432 g/mol. The van der Waals surface area contributed by atoms with E-state index in [0.29, 0.717) is 22.8 Å². The highest BCUT2D eigenvalue weighted by Crippen LogP contribution is 2.31. The van der Waals surface area contributed by atoms with Crippen LogP contribution in [0.1, 0.15) is 17.5 Å². The second kappa shape index (κ2) is 8.43. The Kier molecular flexibility index (Phi) is 5.74. The quantitative estimate of drug-likeness (QED) is 0.545. The van der Waals surface area contributed by atoms with Gasteiger partial charge in [0.1, 0.15) is 11.6 Å². The summed E-state index contributed by atoms with van der Waals surface area (Å²) in [5, 5.41) is 3.70. The van der Waals surface area contributed by atoms with Gasteiger partial charge in [-0.05, 0) is 48.2 Å². The molecule has 4 rings (SSSR count). The van der Waals surface area contributed by atoms with Crippen molar-refractivity contribution in [2.75, 3.05) is 24.2 Å². The molecule has 1 aliphatic rings. The van der Waals surface area contributed by atoms with E-state index in [0.717, 1.165) is 36.3 Å². The Labute approximate surface area is 178 Å². The summed E-state index contributed by atoms with van der Waals surface area (Å²) >= 11 is 12.1. The lowest BCUT2D eigenvalue weighted by Crippen LogP contribution is -2.13. The van der Waals surface area contributed by atoms with E-state index in [1.54, 1.807) is 12.4 Å². The molecule has 1 aromatic carbocycles. The SMILES string of the molecule is Nc1ncc(-c2cnc3c(c2)CCCN3)cc1OCCc1c(Cl)ccc(F)c1Cl. The fourth-order valence-electron chi connectivity index (χ4n) is 3.29. The second-order valence-electron chi connectivity index (χ2n) is 6.79. The van der Waals surface area contributed by atoms with Crippen LogP contribution in [0.25, 0.3) is 11.1 Å². The standard InChI is InChI=1S/C21H19Cl2FN4O/c22-16-3-4-17(24)19(23)15(16)5-7-29-18-9-14(10-27-20(18)25)13-8-12-2-1-6-26-21(12)28-11-13/h3-4,8-11H,1-2,5-7H2,(H2,25,27)(H,26,28). The Morgan fingerprint density at radius 1 is 1.14 bits per heavy atom. The first-order valence-electron chi connectivity index (χ1n) is 9.27. The van der Waals surface area contributed by atoms with Crippen molar-refractivity contribution in [2.45, 2.75) is 19.3 Å². The molecule has 0 radical (unpaired) electrons. The molecule has 3 N–H and O–H groups in total. The number of rotatable bonds is 5. The Morgan fingerprint density at radius 3 is 2.79 bits per heavy atom. The van der Waals surface area contributed by atoms with Crippen molar-refractivity contribution in [1.82, 2.24) is 9.97 Å². The lowest BCUT2D eigenvalue weighted by atomic mass is 10.0. The second-order valence-corrected chi connectivity index (χ2v) is 7.57. The van der Waals surface area contributed by atoms with Crippen LogP contribution >= 0.6 is 23.2 Å². The Balaban J connectivity index is 1.51. The van der Waals surface area contributed by atoms with Crippen LogP contribution in [0, 0.1) is 5.82 Å². The zero-order valence-electron chi connectivity index (χ0n) is 15.5. The summed E-state index contributed by atoms with van der Waals surface area (Å²) in [4.78, 5) is 8.74. The minimum atomic E-state index is -0.511. The van der Waals surface area contributed by atoms with Gasteiger partial charge >= 0.3 is 0 Å². The maximum absolute atomic E-state index is 13.7. The highest BCUT2D eigenvalue weighted by atomic mass is 35.5.